The average molecular weight is 404 g/mol. The lowest BCUT2D eigenvalue weighted by Crippen LogP contribution is -2.30. The van der Waals surface area contributed by atoms with Gasteiger partial charge in [-0.1, -0.05) is 30.3 Å². The smallest absolute Gasteiger partial charge is 0.306 e. The second-order valence-corrected chi connectivity index (χ2v) is 8.17. The first kappa shape index (κ1) is 21.6. The first-order valence-electron chi connectivity index (χ1n) is 8.81. The van der Waals surface area contributed by atoms with Gasteiger partial charge in [0.2, 0.25) is 10.0 Å². The minimum Gasteiger partial charge on any atom is -0.453 e. The van der Waals surface area contributed by atoms with E-state index >= 15 is 0 Å². The highest BCUT2D eigenvalue weighted by molar-refractivity contribution is 7.89. The van der Waals surface area contributed by atoms with Crippen molar-refractivity contribution >= 4 is 27.6 Å². The number of benzene rings is 2. The molecule has 1 unspecified atom stereocenters. The number of esters is 1. The fourth-order valence-corrected chi connectivity index (χ4v) is 3.19. The summed E-state index contributed by atoms with van der Waals surface area (Å²) in [5.41, 5.74) is 2.38. The van der Waals surface area contributed by atoms with Gasteiger partial charge in [-0.15, -0.1) is 0 Å². The van der Waals surface area contributed by atoms with Crippen LogP contribution in [0.15, 0.2) is 53.4 Å². The Morgan fingerprint density at radius 3 is 2.32 bits per heavy atom. The number of sulfonamides is 1. The van der Waals surface area contributed by atoms with E-state index in [0.717, 1.165) is 11.1 Å². The van der Waals surface area contributed by atoms with Crippen molar-refractivity contribution in [2.24, 2.45) is 0 Å². The first-order valence-corrected chi connectivity index (χ1v) is 10.3. The van der Waals surface area contributed by atoms with Crippen molar-refractivity contribution in [2.45, 2.75) is 37.7 Å². The summed E-state index contributed by atoms with van der Waals surface area (Å²) in [4.78, 5) is 24.4. The van der Waals surface area contributed by atoms with Gasteiger partial charge in [-0.2, -0.15) is 0 Å². The molecule has 0 heterocycles. The summed E-state index contributed by atoms with van der Waals surface area (Å²) >= 11 is 0. The van der Waals surface area contributed by atoms with E-state index in [1.807, 2.05) is 25.1 Å². The minimum absolute atomic E-state index is 0.0834. The van der Waals surface area contributed by atoms with Gasteiger partial charge < -0.3 is 10.1 Å². The zero-order valence-electron chi connectivity index (χ0n) is 16.1. The lowest BCUT2D eigenvalue weighted by molar-refractivity contribution is -0.153. The highest BCUT2D eigenvalue weighted by atomic mass is 32.2. The van der Waals surface area contributed by atoms with Crippen molar-refractivity contribution in [2.75, 3.05) is 12.4 Å². The van der Waals surface area contributed by atoms with E-state index in [1.165, 1.54) is 26.1 Å². The van der Waals surface area contributed by atoms with Crippen LogP contribution in [0.3, 0.4) is 0 Å². The second kappa shape index (κ2) is 9.48. The molecule has 0 radical (unpaired) electrons. The van der Waals surface area contributed by atoms with Crippen LogP contribution in [0, 0.1) is 6.92 Å². The van der Waals surface area contributed by atoms with Crippen LogP contribution < -0.4 is 10.0 Å². The molecule has 2 aromatic carbocycles. The van der Waals surface area contributed by atoms with Gasteiger partial charge in [0.15, 0.2) is 6.10 Å². The topological polar surface area (TPSA) is 102 Å². The average Bonchev–Trinajstić information content (AvgIpc) is 2.68. The second-order valence-electron chi connectivity index (χ2n) is 6.29. The molecule has 1 amide bonds. The maximum Gasteiger partial charge on any atom is 0.306 e. The van der Waals surface area contributed by atoms with Crippen molar-refractivity contribution < 1.29 is 22.7 Å². The molecule has 0 saturated carbocycles. The van der Waals surface area contributed by atoms with Crippen LogP contribution >= 0.6 is 0 Å². The van der Waals surface area contributed by atoms with Gasteiger partial charge in [0.25, 0.3) is 5.91 Å². The maximum absolute atomic E-state index is 12.2. The number of carbonyl (C=O) groups excluding carboxylic acids is 2. The van der Waals surface area contributed by atoms with Crippen LogP contribution in [0.2, 0.25) is 0 Å². The van der Waals surface area contributed by atoms with Crippen molar-refractivity contribution in [3.8, 4) is 0 Å². The summed E-state index contributed by atoms with van der Waals surface area (Å²) in [5.74, 6) is -0.899. The molecule has 0 aliphatic carbocycles. The number of aryl methyl sites for hydroxylation is 2. The molecule has 2 N–H and O–H groups in total. The lowest BCUT2D eigenvalue weighted by atomic mass is 10.1. The predicted octanol–water partition coefficient (Wildman–Crippen LogP) is 2.41. The quantitative estimate of drug-likeness (QED) is 0.658. The molecule has 8 heteroatoms. The van der Waals surface area contributed by atoms with Crippen LogP contribution in [0.25, 0.3) is 0 Å². The fourth-order valence-electron chi connectivity index (χ4n) is 2.46. The fraction of sp³-hybridized carbons (Fsp3) is 0.300. The molecule has 0 saturated heterocycles. The van der Waals surface area contributed by atoms with E-state index in [2.05, 4.69) is 10.0 Å². The summed E-state index contributed by atoms with van der Waals surface area (Å²) < 4.78 is 30.8. The third-order valence-electron chi connectivity index (χ3n) is 4.20. The summed E-state index contributed by atoms with van der Waals surface area (Å²) in [6, 6.07) is 13.6. The molecule has 2 aromatic rings. The Hall–Kier alpha value is -2.71. The Labute approximate surface area is 165 Å². The molecule has 150 valence electrons. The van der Waals surface area contributed by atoms with E-state index in [9.17, 15) is 18.0 Å². The van der Waals surface area contributed by atoms with Gasteiger partial charge in [0.05, 0.1) is 4.90 Å². The SMILES string of the molecule is CNS(=O)(=O)c1ccc(CCC(=O)OC(C)C(=O)Nc2ccccc2C)cc1. The molecular weight excluding hydrogens is 380 g/mol. The van der Waals surface area contributed by atoms with E-state index in [-0.39, 0.29) is 11.3 Å². The van der Waals surface area contributed by atoms with Crippen LogP contribution in [0.1, 0.15) is 24.5 Å². The van der Waals surface area contributed by atoms with Crippen LogP contribution in [-0.4, -0.2) is 33.4 Å². The number of hydrogen-bond donors (Lipinski definition) is 2. The number of ether oxygens (including phenoxy) is 1. The van der Waals surface area contributed by atoms with Crippen LogP contribution in [-0.2, 0) is 30.8 Å². The largest absolute Gasteiger partial charge is 0.453 e. The third kappa shape index (κ3) is 5.90. The molecule has 0 aliphatic rings. The summed E-state index contributed by atoms with van der Waals surface area (Å²) in [5, 5.41) is 2.74. The van der Waals surface area contributed by atoms with Gasteiger partial charge in [-0.05, 0) is 56.6 Å². The number of nitrogens with one attached hydrogen (secondary N) is 2. The number of rotatable bonds is 8. The standard InChI is InChI=1S/C20H24N2O5S/c1-14-6-4-5-7-18(14)22-20(24)15(2)27-19(23)13-10-16-8-11-17(12-9-16)28(25,26)21-3/h4-9,11-12,15,21H,10,13H2,1-3H3,(H,22,24). The van der Waals surface area contributed by atoms with Crippen LogP contribution in [0.5, 0.6) is 0 Å². The van der Waals surface area contributed by atoms with Crippen LogP contribution in [0.4, 0.5) is 5.69 Å². The molecule has 0 aliphatic heterocycles. The van der Waals surface area contributed by atoms with E-state index in [4.69, 9.17) is 4.74 Å². The molecule has 0 bridgehead atoms. The van der Waals surface area contributed by atoms with Gasteiger partial charge in [0, 0.05) is 12.1 Å². The minimum atomic E-state index is -3.49. The van der Waals surface area contributed by atoms with Gasteiger partial charge >= 0.3 is 5.97 Å². The Balaban J connectivity index is 1.85. The lowest BCUT2D eigenvalue weighted by Gasteiger charge is -2.14. The number of hydrogen-bond acceptors (Lipinski definition) is 5. The van der Waals surface area contributed by atoms with Crippen molar-refractivity contribution in [3.63, 3.8) is 0 Å². The van der Waals surface area contributed by atoms with Gasteiger partial charge in [-0.3, -0.25) is 9.59 Å². The molecule has 0 spiro atoms. The highest BCUT2D eigenvalue weighted by Crippen LogP contribution is 2.15. The van der Waals surface area contributed by atoms with E-state index < -0.39 is 28.0 Å². The monoisotopic (exact) mass is 404 g/mol. The number of para-hydroxylation sites is 1. The summed E-state index contributed by atoms with van der Waals surface area (Å²) in [6.07, 6.45) is -0.458. The Morgan fingerprint density at radius 1 is 1.07 bits per heavy atom. The summed E-state index contributed by atoms with van der Waals surface area (Å²) in [7, 11) is -2.14. The first-order chi connectivity index (χ1) is 13.2. The summed E-state index contributed by atoms with van der Waals surface area (Å²) in [6.45, 7) is 3.39. The molecule has 0 aromatic heterocycles. The Kier molecular flexibility index (Phi) is 7.31. The number of amides is 1. The number of anilines is 1. The molecule has 28 heavy (non-hydrogen) atoms. The van der Waals surface area contributed by atoms with Crippen molar-refractivity contribution in [1.29, 1.82) is 0 Å². The normalized spacial score (nSPS) is 12.2. The Morgan fingerprint density at radius 2 is 1.71 bits per heavy atom. The number of carbonyl (C=O) groups is 2. The molecular formula is C20H24N2O5S. The molecule has 1 atom stereocenters. The Bertz CT molecular complexity index is 939. The highest BCUT2D eigenvalue weighted by Gasteiger charge is 2.18. The van der Waals surface area contributed by atoms with E-state index in [0.29, 0.717) is 12.1 Å². The predicted molar refractivity (Wildman–Crippen MR) is 106 cm³/mol. The third-order valence-corrected chi connectivity index (χ3v) is 5.63. The molecule has 2 rings (SSSR count). The van der Waals surface area contributed by atoms with Crippen molar-refractivity contribution in [3.05, 3.63) is 59.7 Å². The van der Waals surface area contributed by atoms with E-state index in [1.54, 1.807) is 18.2 Å². The molecule has 7 nitrogen and oxygen atoms in total. The van der Waals surface area contributed by atoms with Crippen molar-refractivity contribution in [1.82, 2.24) is 4.72 Å². The van der Waals surface area contributed by atoms with Gasteiger partial charge in [0.1, 0.15) is 0 Å². The van der Waals surface area contributed by atoms with Gasteiger partial charge in [-0.25, -0.2) is 13.1 Å². The zero-order valence-corrected chi connectivity index (χ0v) is 16.9. The molecule has 0 fully saturated rings. The zero-order chi connectivity index (χ0) is 20.7. The maximum atomic E-state index is 12.2.